The highest BCUT2D eigenvalue weighted by molar-refractivity contribution is 5.99. The molecule has 1 aliphatic heterocycles. The Labute approximate surface area is 555 Å². The summed E-state index contributed by atoms with van der Waals surface area (Å²) < 4.78 is 0. The van der Waals surface area contributed by atoms with Gasteiger partial charge in [0, 0.05) is 86.3 Å². The van der Waals surface area contributed by atoms with Gasteiger partial charge in [0.2, 0.25) is 47.3 Å². The minimum Gasteiger partial charge on any atom is -0.478 e. The summed E-state index contributed by atoms with van der Waals surface area (Å²) in [6, 6.07) is -2.28. The Morgan fingerprint density at radius 2 is 0.968 bits per heavy atom. The molecule has 2 rings (SSSR count). The summed E-state index contributed by atoms with van der Waals surface area (Å²) >= 11 is 0. The Morgan fingerprint density at radius 3 is 1.43 bits per heavy atom. The largest absolute Gasteiger partial charge is 0.478 e. The zero-order chi connectivity index (χ0) is 71.5. The molecule has 0 aromatic heterocycles. The van der Waals surface area contributed by atoms with Gasteiger partial charge in [0.15, 0.2) is 17.3 Å². The van der Waals surface area contributed by atoms with Crippen molar-refractivity contribution in [3.63, 3.8) is 0 Å². The number of nitrogens with one attached hydrogen (secondary N) is 1. The number of nitrogens with zero attached hydrogens (tertiary/aromatic N) is 7. The van der Waals surface area contributed by atoms with Crippen LogP contribution in [0.4, 0.5) is 0 Å². The molecule has 22 nitrogen and oxygen atoms in total. The van der Waals surface area contributed by atoms with E-state index in [4.69, 9.17) is 0 Å². The molecule has 0 saturated carbocycles. The molecule has 8 amide bonds. The first-order valence-corrected chi connectivity index (χ1v) is 33.4. The van der Waals surface area contributed by atoms with Gasteiger partial charge in [-0.2, -0.15) is 0 Å². The first kappa shape index (κ1) is 82.3. The molecule has 1 aromatic rings. The summed E-state index contributed by atoms with van der Waals surface area (Å²) in [4.78, 5) is 182. The van der Waals surface area contributed by atoms with Crippen LogP contribution in [0.25, 0.3) is 6.08 Å². The maximum atomic E-state index is 15.4. The number of rotatable bonds is 17. The van der Waals surface area contributed by atoms with E-state index in [1.807, 2.05) is 55.4 Å². The minimum absolute atomic E-state index is 0.0815. The molecular formula is C71H116N8O14. The van der Waals surface area contributed by atoms with Crippen LogP contribution in [-0.4, -0.2) is 219 Å². The van der Waals surface area contributed by atoms with Crippen LogP contribution in [0.2, 0.25) is 0 Å². The number of hydrogen-bond acceptors (Lipinski definition) is 13. The predicted octanol–water partition coefficient (Wildman–Crippen LogP) is 7.38. The second-order valence-electron chi connectivity index (χ2n) is 28.8. The van der Waals surface area contributed by atoms with Gasteiger partial charge in [-0.25, -0.2) is 4.79 Å². The summed E-state index contributed by atoms with van der Waals surface area (Å²) in [6.07, 6.45) is 1.85. The van der Waals surface area contributed by atoms with Gasteiger partial charge in [-0.3, -0.25) is 52.7 Å². The number of likely N-dealkylation sites (N-methyl/N-ethyl adjacent to an activating group) is 7. The molecule has 3 N–H and O–H groups in total. The van der Waals surface area contributed by atoms with E-state index < -0.39 is 167 Å². The van der Waals surface area contributed by atoms with Crippen LogP contribution in [-0.2, 0) is 52.7 Å². The molecule has 1 unspecified atom stereocenters. The number of Topliss-reactive ketones (excluding diaryl/α,β-unsaturated/α-hetero) is 3. The summed E-state index contributed by atoms with van der Waals surface area (Å²) in [7, 11) is 10.1. The lowest BCUT2D eigenvalue weighted by Gasteiger charge is -2.41. The topological polar surface area (TPSA) is 280 Å². The molecule has 0 bridgehead atoms. The second kappa shape index (κ2) is 37.3. The number of carboxylic acid groups (broad SMARTS) is 1. The number of benzene rings is 1. The van der Waals surface area contributed by atoms with E-state index in [0.717, 1.165) is 4.90 Å². The van der Waals surface area contributed by atoms with E-state index in [1.54, 1.807) is 72.8 Å². The van der Waals surface area contributed by atoms with Gasteiger partial charge in [0.1, 0.15) is 30.2 Å². The van der Waals surface area contributed by atoms with Crippen LogP contribution in [0.15, 0.2) is 30.3 Å². The molecule has 22 heteroatoms. The van der Waals surface area contributed by atoms with Crippen LogP contribution in [0.5, 0.6) is 0 Å². The number of aliphatic hydroxyl groups excluding tert-OH is 1. The van der Waals surface area contributed by atoms with Crippen molar-refractivity contribution in [1.82, 2.24) is 39.6 Å². The van der Waals surface area contributed by atoms with E-state index in [1.165, 1.54) is 97.8 Å². The highest BCUT2D eigenvalue weighted by atomic mass is 16.4. The summed E-state index contributed by atoms with van der Waals surface area (Å²) in [6.45, 7) is 28.0. The Kier molecular flexibility index (Phi) is 33.0. The molecule has 1 fully saturated rings. The average Bonchev–Trinajstić information content (AvgIpc) is 0.846. The fourth-order valence-electron chi connectivity index (χ4n) is 12.3. The minimum atomic E-state index is -1.60. The number of aromatic carboxylic acids is 1. The van der Waals surface area contributed by atoms with Gasteiger partial charge in [0.25, 0.3) is 0 Å². The predicted molar refractivity (Wildman–Crippen MR) is 360 cm³/mol. The summed E-state index contributed by atoms with van der Waals surface area (Å²) in [5, 5.41) is 24.6. The quantitative estimate of drug-likeness (QED) is 0.137. The van der Waals surface area contributed by atoms with E-state index >= 15 is 19.2 Å². The number of ketones is 3. The van der Waals surface area contributed by atoms with Crippen LogP contribution < -0.4 is 5.32 Å². The number of aliphatic hydroxyl groups is 1. The third-order valence-electron chi connectivity index (χ3n) is 18.3. The van der Waals surface area contributed by atoms with Crippen molar-refractivity contribution in [2.45, 2.75) is 217 Å². The molecular weight excluding hydrogens is 1190 g/mol. The maximum Gasteiger partial charge on any atom is 0.335 e. The smallest absolute Gasteiger partial charge is 0.335 e. The Balaban J connectivity index is 3.00. The van der Waals surface area contributed by atoms with Gasteiger partial charge in [-0.1, -0.05) is 128 Å². The first-order chi connectivity index (χ1) is 43.0. The van der Waals surface area contributed by atoms with Crippen molar-refractivity contribution in [1.29, 1.82) is 0 Å². The van der Waals surface area contributed by atoms with E-state index in [0.29, 0.717) is 5.56 Å². The third-order valence-corrected chi connectivity index (χ3v) is 18.3. The highest BCUT2D eigenvalue weighted by Gasteiger charge is 2.46. The molecule has 12 atom stereocenters. The third kappa shape index (κ3) is 23.2. The number of carboxylic acids is 1. The van der Waals surface area contributed by atoms with Crippen molar-refractivity contribution in [3.05, 3.63) is 41.5 Å². The van der Waals surface area contributed by atoms with Crippen molar-refractivity contribution < 1.29 is 67.7 Å². The molecule has 524 valence electrons. The lowest BCUT2D eigenvalue weighted by molar-refractivity contribution is -0.157. The standard InChI is InChI=1S/C71H116N8O14/c1-24-50-37-59(82)62(63(84)46(14)26-25-27-49-28-30-51(31-29-49)71(92)93)79(23)70(91)61(45(12)13)78(22)69(90)56(35-43(8)9)77(21)68(89)55(34-42(6)7)76(20)65(86)48(16)72-64(85)47(15)36-57(80)54(33-41(4)5)75(19)67(88)52(44(10)11)38-58(81)53(32-40(2)3)74(18)60(83)39-73(17)66(50)87/h25,27-31,40-48,50,52-56,61-63,84H,24,26,32-39H2,1-23H3,(H,72,85)(H,92,93)/b27-25+/t46-,47-,48-,50-,52+,53+,54+,55+,56?,61+,62-,63-/m1/s1. The number of carbonyl (C=O) groups is 12. The van der Waals surface area contributed by atoms with E-state index in [9.17, 15) is 48.6 Å². The summed E-state index contributed by atoms with van der Waals surface area (Å²) in [5.41, 5.74) is 0.759. The highest BCUT2D eigenvalue weighted by Crippen LogP contribution is 2.30. The van der Waals surface area contributed by atoms with Gasteiger partial charge in [-0.05, 0) is 105 Å². The lowest BCUT2D eigenvalue weighted by atomic mass is 9.84. The number of allylic oxidation sites excluding steroid dienone is 1. The second-order valence-corrected chi connectivity index (χ2v) is 28.8. The van der Waals surface area contributed by atoms with Gasteiger partial charge in [-0.15, -0.1) is 0 Å². The molecule has 0 aliphatic carbocycles. The van der Waals surface area contributed by atoms with Crippen LogP contribution in [0.1, 0.15) is 184 Å². The molecule has 1 heterocycles. The number of carbonyl (C=O) groups excluding carboxylic acids is 11. The zero-order valence-electron chi connectivity index (χ0n) is 60.4. The molecule has 0 spiro atoms. The fourth-order valence-corrected chi connectivity index (χ4v) is 12.3. The number of amides is 8. The van der Waals surface area contributed by atoms with Crippen molar-refractivity contribution >= 4 is 76.7 Å². The monoisotopic (exact) mass is 1300 g/mol. The SMILES string of the molecule is CC[C@@H]1CC(=O)[C@H]([C@H](O)[C@H](C)C/C=C/c2ccc(C(=O)O)cc2)N(C)C(=O)[C@H](C(C)C)N(C)C(=O)C(CC(C)C)N(C)C(=O)[C@H](CC(C)C)N(C)C(=O)[C@@H](C)NC(=O)[C@H](C)CC(=O)[C@H](CC(C)C)N(C)C(=O)[C@H](C(C)C)CC(=O)[C@H](CC(C)C)N(C)C(=O)CN(C)C1=O. The lowest BCUT2D eigenvalue weighted by Crippen LogP contribution is -2.61. The van der Waals surface area contributed by atoms with Crippen molar-refractivity contribution in [2.24, 2.45) is 59.2 Å². The Hall–Kier alpha value is -6.84. The fraction of sp³-hybridized carbons (Fsp3) is 0.718. The summed E-state index contributed by atoms with van der Waals surface area (Å²) in [5.74, 6) is -12.6. The van der Waals surface area contributed by atoms with Crippen LogP contribution in [0.3, 0.4) is 0 Å². The normalized spacial score (nSPS) is 25.8. The van der Waals surface area contributed by atoms with Gasteiger partial charge in [0.05, 0.1) is 30.3 Å². The molecule has 0 radical (unpaired) electrons. The molecule has 1 aromatic carbocycles. The molecule has 93 heavy (non-hydrogen) atoms. The maximum absolute atomic E-state index is 15.4. The van der Waals surface area contributed by atoms with Gasteiger partial charge >= 0.3 is 5.97 Å². The van der Waals surface area contributed by atoms with Gasteiger partial charge < -0.3 is 49.8 Å². The Bertz CT molecular complexity index is 2780. The number of hydrogen-bond donors (Lipinski definition) is 3. The van der Waals surface area contributed by atoms with E-state index in [2.05, 4.69) is 5.32 Å². The Morgan fingerprint density at radius 1 is 0.527 bits per heavy atom. The first-order valence-electron chi connectivity index (χ1n) is 33.4. The van der Waals surface area contributed by atoms with Crippen molar-refractivity contribution in [2.75, 3.05) is 55.9 Å². The van der Waals surface area contributed by atoms with Crippen LogP contribution in [0, 0.1) is 59.2 Å². The molecule has 1 aliphatic rings. The van der Waals surface area contributed by atoms with Crippen LogP contribution >= 0.6 is 0 Å². The molecule has 1 saturated heterocycles. The van der Waals surface area contributed by atoms with Crippen molar-refractivity contribution in [3.8, 4) is 0 Å². The van der Waals surface area contributed by atoms with E-state index in [-0.39, 0.29) is 80.6 Å². The zero-order valence-corrected chi connectivity index (χ0v) is 60.4. The average molecular weight is 1310 g/mol.